The summed E-state index contributed by atoms with van der Waals surface area (Å²) in [4.78, 5) is 4.68. The quantitative estimate of drug-likeness (QED) is 0.125. The van der Waals surface area contributed by atoms with E-state index in [0.29, 0.717) is 22.6 Å². The summed E-state index contributed by atoms with van der Waals surface area (Å²) in [7, 11) is 0. The van der Waals surface area contributed by atoms with Crippen molar-refractivity contribution in [3.63, 3.8) is 0 Å². The third-order valence-corrected chi connectivity index (χ3v) is 10.7. The van der Waals surface area contributed by atoms with Crippen LogP contribution in [-0.4, -0.2) is 14.1 Å². The Balaban J connectivity index is 1.17. The number of ether oxygens (including phenoxy) is 1. The van der Waals surface area contributed by atoms with Gasteiger partial charge in [0.15, 0.2) is 11.0 Å². The molecule has 57 heavy (non-hydrogen) atoms. The maximum absolute atomic E-state index is 8.84. The third kappa shape index (κ3) is 6.47. The Morgan fingerprint density at radius 3 is 2.18 bits per heavy atom. The lowest BCUT2D eigenvalue weighted by atomic mass is 9.80. The Hall–Kier alpha value is -6.46. The number of aromatic nitrogens is 4. The first-order valence-electron chi connectivity index (χ1n) is 22.3. The number of nitrogens with zero attached hydrogens (tertiary/aromatic N) is 4. The van der Waals surface area contributed by atoms with Crippen LogP contribution in [0.15, 0.2) is 146 Å². The van der Waals surface area contributed by atoms with E-state index in [1.54, 1.807) is 24.3 Å². The summed E-state index contributed by atoms with van der Waals surface area (Å²) in [6, 6.07) is 46.8. The molecule has 282 valence electrons. The normalized spacial score (nSPS) is 14.2. The van der Waals surface area contributed by atoms with Gasteiger partial charge in [0.25, 0.3) is 6.33 Å². The first-order valence-corrected chi connectivity index (χ1v) is 19.3. The standard InChI is InChI=1S/C52H48N4O/c1-34-32-53-50(35(2)49(34)36-17-10-9-11-18-36)56-45-22-13-12-21-43(45)44-26-25-42(31-48(44)56)57-41-20-16-19-39(30-41)54-33-55(47-24-15-14-23-46(47)54)40-28-37(51(3,4)5)27-38(29-40)52(6,7)8/h9-28,30-33H,1-8H3/i1D3,2D3. The molecule has 0 aliphatic rings. The highest BCUT2D eigenvalue weighted by Crippen LogP contribution is 2.38. The molecule has 0 N–H and O–H groups in total. The Labute approximate surface area is 343 Å². The topological polar surface area (TPSA) is 35.9 Å². The van der Waals surface area contributed by atoms with E-state index in [1.807, 2.05) is 77.4 Å². The van der Waals surface area contributed by atoms with Crippen molar-refractivity contribution in [3.8, 4) is 39.8 Å². The molecule has 0 atom stereocenters. The number of hydrogen-bond donors (Lipinski definition) is 0. The van der Waals surface area contributed by atoms with Crippen molar-refractivity contribution in [1.82, 2.24) is 14.1 Å². The highest BCUT2D eigenvalue weighted by atomic mass is 16.5. The second kappa shape index (κ2) is 13.6. The number of hydrogen-bond acceptors (Lipinski definition) is 2. The van der Waals surface area contributed by atoms with Crippen LogP contribution in [0.25, 0.3) is 61.2 Å². The Bertz CT molecular complexity index is 3170. The van der Waals surface area contributed by atoms with Crippen molar-refractivity contribution in [2.45, 2.75) is 66.1 Å². The largest absolute Gasteiger partial charge is 0.457 e. The fourth-order valence-corrected chi connectivity index (χ4v) is 7.68. The van der Waals surface area contributed by atoms with Crippen LogP contribution < -0.4 is 9.30 Å². The number of pyridine rings is 1. The highest BCUT2D eigenvalue weighted by Gasteiger charge is 2.22. The number of aryl methyl sites for hydroxylation is 1. The number of para-hydroxylation sites is 3. The molecular formula is C52H48N4O. The predicted octanol–water partition coefficient (Wildman–Crippen LogP) is 12.9. The van der Waals surface area contributed by atoms with Crippen molar-refractivity contribution in [2.24, 2.45) is 0 Å². The lowest BCUT2D eigenvalue weighted by molar-refractivity contribution is -0.568. The molecule has 0 spiro atoms. The van der Waals surface area contributed by atoms with Gasteiger partial charge in [-0.05, 0) is 83.7 Å². The van der Waals surface area contributed by atoms with Gasteiger partial charge < -0.3 is 4.74 Å². The van der Waals surface area contributed by atoms with Crippen molar-refractivity contribution in [1.29, 1.82) is 0 Å². The summed E-state index contributed by atoms with van der Waals surface area (Å²) < 4.78 is 64.5. The summed E-state index contributed by atoms with van der Waals surface area (Å²) in [5.41, 5.74) is 7.88. The van der Waals surface area contributed by atoms with Gasteiger partial charge in [-0.2, -0.15) is 16.2 Å². The van der Waals surface area contributed by atoms with Gasteiger partial charge in [0.2, 0.25) is 0 Å². The van der Waals surface area contributed by atoms with Gasteiger partial charge >= 0.3 is 0 Å². The minimum absolute atomic E-state index is 0.0600. The fourth-order valence-electron chi connectivity index (χ4n) is 7.68. The molecule has 0 amide bonds. The molecule has 0 radical (unpaired) electrons. The zero-order valence-electron chi connectivity index (χ0n) is 39.1. The van der Waals surface area contributed by atoms with Crippen molar-refractivity contribution in [3.05, 3.63) is 174 Å². The third-order valence-electron chi connectivity index (χ3n) is 10.7. The molecule has 0 saturated heterocycles. The van der Waals surface area contributed by atoms with Crippen LogP contribution in [0, 0.1) is 19.8 Å². The molecule has 5 nitrogen and oxygen atoms in total. The van der Waals surface area contributed by atoms with Crippen LogP contribution >= 0.6 is 0 Å². The van der Waals surface area contributed by atoms with Crippen LogP contribution in [0.4, 0.5) is 0 Å². The summed E-state index contributed by atoms with van der Waals surface area (Å²) in [6.07, 6.45) is 3.40. The molecular weight excluding hydrogens is 697 g/mol. The molecule has 0 aliphatic carbocycles. The average Bonchev–Trinajstić information content (AvgIpc) is 3.78. The van der Waals surface area contributed by atoms with Crippen molar-refractivity contribution >= 4 is 32.8 Å². The fraction of sp³-hybridized carbons (Fsp3) is 0.192. The number of imidazole rings is 1. The summed E-state index contributed by atoms with van der Waals surface area (Å²) >= 11 is 0. The van der Waals surface area contributed by atoms with Gasteiger partial charge in [0, 0.05) is 48.6 Å². The van der Waals surface area contributed by atoms with E-state index in [9.17, 15) is 0 Å². The van der Waals surface area contributed by atoms with E-state index in [4.69, 9.17) is 13.0 Å². The zero-order valence-corrected chi connectivity index (χ0v) is 33.1. The molecule has 5 heteroatoms. The number of benzene rings is 6. The van der Waals surface area contributed by atoms with Crippen LogP contribution in [0.2, 0.25) is 0 Å². The van der Waals surface area contributed by atoms with Crippen molar-refractivity contribution in [2.75, 3.05) is 0 Å². The monoisotopic (exact) mass is 750 g/mol. The van der Waals surface area contributed by atoms with Crippen LogP contribution in [0.1, 0.15) is 72.0 Å². The number of fused-ring (bicyclic) bond motifs is 4. The van der Waals surface area contributed by atoms with E-state index in [-0.39, 0.29) is 33.3 Å². The SMILES string of the molecule is [2H]C([2H])([2H])c1cnc(-n2c3ccccc3c3ccc(Oc4cccc(-n5c[n+](-c6[c-]c(C(C)(C)C)cc(C(C)(C)C)c6)c6ccccc65)c4)cc32)c(C([2H])([2H])[2H])c1-c1ccccc1. The lowest BCUT2D eigenvalue weighted by Gasteiger charge is -2.31. The van der Waals surface area contributed by atoms with Gasteiger partial charge in [0.05, 0.1) is 11.0 Å². The van der Waals surface area contributed by atoms with E-state index in [1.165, 1.54) is 11.8 Å². The van der Waals surface area contributed by atoms with E-state index in [2.05, 4.69) is 104 Å². The Kier molecular flexibility index (Phi) is 7.12. The molecule has 3 heterocycles. The van der Waals surface area contributed by atoms with Gasteiger partial charge in [-0.15, -0.1) is 17.7 Å². The lowest BCUT2D eigenvalue weighted by Crippen LogP contribution is -2.31. The van der Waals surface area contributed by atoms with Gasteiger partial charge in [-0.3, -0.25) is 4.57 Å². The highest BCUT2D eigenvalue weighted by molar-refractivity contribution is 6.09. The molecule has 9 rings (SSSR count). The van der Waals surface area contributed by atoms with E-state index < -0.39 is 13.7 Å². The van der Waals surface area contributed by atoms with E-state index >= 15 is 0 Å². The van der Waals surface area contributed by atoms with E-state index in [0.717, 1.165) is 44.3 Å². The smallest absolute Gasteiger partial charge is 0.253 e. The molecule has 3 aromatic heterocycles. The van der Waals surface area contributed by atoms with Crippen LogP contribution in [0.5, 0.6) is 11.5 Å². The predicted molar refractivity (Wildman–Crippen MR) is 235 cm³/mol. The minimum atomic E-state index is -2.73. The molecule has 0 aliphatic heterocycles. The first kappa shape index (κ1) is 29.8. The Morgan fingerprint density at radius 1 is 0.667 bits per heavy atom. The molecule has 0 fully saturated rings. The van der Waals surface area contributed by atoms with Gasteiger partial charge in [-0.25, -0.2) is 9.55 Å². The second-order valence-electron chi connectivity index (χ2n) is 16.8. The second-order valence-corrected chi connectivity index (χ2v) is 16.8. The van der Waals surface area contributed by atoms with Crippen molar-refractivity contribution < 1.29 is 17.5 Å². The molecule has 0 unspecified atom stereocenters. The van der Waals surface area contributed by atoms with Crippen LogP contribution in [-0.2, 0) is 10.8 Å². The maximum atomic E-state index is 8.84. The molecule has 0 bridgehead atoms. The molecule has 6 aromatic carbocycles. The summed E-state index contributed by atoms with van der Waals surface area (Å²) in [5.74, 6) is 1.25. The summed E-state index contributed by atoms with van der Waals surface area (Å²) in [5, 5.41) is 1.74. The van der Waals surface area contributed by atoms with Gasteiger partial charge in [-0.1, -0.05) is 108 Å². The average molecular weight is 751 g/mol. The summed E-state index contributed by atoms with van der Waals surface area (Å²) in [6.45, 7) is 8.02. The molecule has 9 aromatic rings. The zero-order chi connectivity index (χ0) is 44.6. The van der Waals surface area contributed by atoms with Crippen LogP contribution in [0.3, 0.4) is 0 Å². The first-order chi connectivity index (χ1) is 29.8. The number of rotatable bonds is 6. The van der Waals surface area contributed by atoms with Gasteiger partial charge in [0.1, 0.15) is 23.0 Å². The Morgan fingerprint density at radius 2 is 1.40 bits per heavy atom. The molecule has 0 saturated carbocycles. The minimum Gasteiger partial charge on any atom is -0.457 e. The maximum Gasteiger partial charge on any atom is 0.253 e.